The molecule has 24 heavy (non-hydrogen) atoms. The van der Waals surface area contributed by atoms with Gasteiger partial charge in [0, 0.05) is 6.04 Å². The molecule has 1 aromatic carbocycles. The molecule has 0 radical (unpaired) electrons. The Morgan fingerprint density at radius 2 is 2.00 bits per heavy atom. The van der Waals surface area contributed by atoms with Gasteiger partial charge in [-0.2, -0.15) is 0 Å². The number of nitrogens with one attached hydrogen (secondary N) is 3. The summed E-state index contributed by atoms with van der Waals surface area (Å²) in [6, 6.07) is 7.95. The second-order valence-electron chi connectivity index (χ2n) is 6.57. The van der Waals surface area contributed by atoms with Gasteiger partial charge in [-0.3, -0.25) is 15.6 Å². The average Bonchev–Trinajstić information content (AvgIpc) is 2.56. The summed E-state index contributed by atoms with van der Waals surface area (Å²) in [5, 5.41) is 3.75. The number of hydrogen-bond donors (Lipinski definition) is 3. The molecule has 2 rings (SSSR count). The lowest BCUT2D eigenvalue weighted by molar-refractivity contribution is -0.123. The molecule has 0 bridgehead atoms. The second-order valence-corrected chi connectivity index (χ2v) is 6.98. The van der Waals surface area contributed by atoms with E-state index in [2.05, 4.69) is 30.0 Å². The SMILES string of the molecule is Cc1ccccc1OCC(=O)NNC(=S)N[C@H]1CCC[C@H](C)[C@@H]1C. The van der Waals surface area contributed by atoms with Crippen molar-refractivity contribution in [3.8, 4) is 5.75 Å². The van der Waals surface area contributed by atoms with Crippen molar-refractivity contribution < 1.29 is 9.53 Å². The van der Waals surface area contributed by atoms with Crippen molar-refractivity contribution in [2.45, 2.75) is 46.1 Å². The maximum atomic E-state index is 11.9. The van der Waals surface area contributed by atoms with Gasteiger partial charge in [0.2, 0.25) is 0 Å². The van der Waals surface area contributed by atoms with Crippen LogP contribution in [0, 0.1) is 18.8 Å². The second kappa shape index (κ2) is 8.87. The van der Waals surface area contributed by atoms with Crippen LogP contribution in [0.5, 0.6) is 5.75 Å². The van der Waals surface area contributed by atoms with Crippen LogP contribution in [0.25, 0.3) is 0 Å². The third kappa shape index (κ3) is 5.37. The van der Waals surface area contributed by atoms with Crippen molar-refractivity contribution in [1.29, 1.82) is 0 Å². The van der Waals surface area contributed by atoms with Crippen LogP contribution in [0.2, 0.25) is 0 Å². The van der Waals surface area contributed by atoms with Crippen molar-refractivity contribution in [3.63, 3.8) is 0 Å². The Kier molecular flexibility index (Phi) is 6.85. The summed E-state index contributed by atoms with van der Waals surface area (Å²) in [6.45, 7) is 6.41. The van der Waals surface area contributed by atoms with Gasteiger partial charge in [0.1, 0.15) is 5.75 Å². The highest BCUT2D eigenvalue weighted by molar-refractivity contribution is 7.80. The van der Waals surface area contributed by atoms with Crippen LogP contribution in [0.15, 0.2) is 24.3 Å². The van der Waals surface area contributed by atoms with Gasteiger partial charge in [0.05, 0.1) is 0 Å². The average molecular weight is 350 g/mol. The van der Waals surface area contributed by atoms with Gasteiger partial charge < -0.3 is 10.1 Å². The first-order valence-electron chi connectivity index (χ1n) is 8.51. The van der Waals surface area contributed by atoms with Gasteiger partial charge in [-0.1, -0.05) is 44.9 Å². The van der Waals surface area contributed by atoms with Crippen LogP contribution in [-0.2, 0) is 4.79 Å². The first-order chi connectivity index (χ1) is 11.5. The van der Waals surface area contributed by atoms with Crippen molar-refractivity contribution in [3.05, 3.63) is 29.8 Å². The smallest absolute Gasteiger partial charge is 0.276 e. The van der Waals surface area contributed by atoms with Crippen molar-refractivity contribution in [2.75, 3.05) is 6.61 Å². The number of para-hydroxylation sites is 1. The van der Waals surface area contributed by atoms with Gasteiger partial charge in [0.15, 0.2) is 11.7 Å². The van der Waals surface area contributed by atoms with Gasteiger partial charge in [-0.25, -0.2) is 0 Å². The molecule has 0 unspecified atom stereocenters. The fourth-order valence-corrected chi connectivity index (χ4v) is 3.22. The van der Waals surface area contributed by atoms with E-state index in [1.165, 1.54) is 12.8 Å². The zero-order chi connectivity index (χ0) is 17.5. The van der Waals surface area contributed by atoms with E-state index >= 15 is 0 Å². The number of aryl methyl sites for hydroxylation is 1. The molecule has 0 spiro atoms. The summed E-state index contributed by atoms with van der Waals surface area (Å²) < 4.78 is 5.50. The number of carbonyl (C=O) groups is 1. The Balaban J connectivity index is 1.69. The van der Waals surface area contributed by atoms with E-state index < -0.39 is 0 Å². The molecule has 3 atom stereocenters. The lowest BCUT2D eigenvalue weighted by Crippen LogP contribution is -2.53. The Labute approximate surface area is 149 Å². The molecule has 1 aliphatic carbocycles. The molecule has 0 aliphatic heterocycles. The first-order valence-corrected chi connectivity index (χ1v) is 8.92. The fourth-order valence-electron chi connectivity index (χ4n) is 3.01. The summed E-state index contributed by atoms with van der Waals surface area (Å²) in [6.07, 6.45) is 3.59. The standard InChI is InChI=1S/C18H27N3O2S/c1-12-8-6-9-15(14(12)3)19-18(24)21-20-17(22)11-23-16-10-5-4-7-13(16)2/h4-5,7,10,12,14-15H,6,8-9,11H2,1-3H3,(H,20,22)(H2,19,21,24)/t12-,14-,15-/m0/s1. The van der Waals surface area contributed by atoms with E-state index in [1.54, 1.807) is 0 Å². The van der Waals surface area contributed by atoms with Crippen molar-refractivity contribution >= 4 is 23.2 Å². The third-order valence-corrected chi connectivity index (χ3v) is 5.01. The Morgan fingerprint density at radius 3 is 2.75 bits per heavy atom. The van der Waals surface area contributed by atoms with Crippen LogP contribution >= 0.6 is 12.2 Å². The number of benzene rings is 1. The maximum Gasteiger partial charge on any atom is 0.276 e. The van der Waals surface area contributed by atoms with E-state index in [1.807, 2.05) is 31.2 Å². The van der Waals surface area contributed by atoms with Crippen LogP contribution in [0.1, 0.15) is 38.7 Å². The Bertz CT molecular complexity index is 579. The predicted octanol–water partition coefficient (Wildman–Crippen LogP) is 2.69. The molecule has 0 saturated heterocycles. The molecular formula is C18H27N3O2S. The predicted molar refractivity (Wildman–Crippen MR) is 99.7 cm³/mol. The minimum atomic E-state index is -0.271. The summed E-state index contributed by atoms with van der Waals surface area (Å²) in [4.78, 5) is 11.9. The van der Waals surface area contributed by atoms with Crippen LogP contribution in [0.4, 0.5) is 0 Å². The Morgan fingerprint density at radius 1 is 1.25 bits per heavy atom. The molecule has 132 valence electrons. The maximum absolute atomic E-state index is 11.9. The zero-order valence-corrected chi connectivity index (χ0v) is 15.4. The van der Waals surface area contributed by atoms with Gasteiger partial charge in [-0.15, -0.1) is 0 Å². The molecule has 1 fully saturated rings. The molecule has 1 saturated carbocycles. The lowest BCUT2D eigenvalue weighted by atomic mass is 9.78. The highest BCUT2D eigenvalue weighted by Crippen LogP contribution is 2.29. The lowest BCUT2D eigenvalue weighted by Gasteiger charge is -2.35. The van der Waals surface area contributed by atoms with Crippen molar-refractivity contribution in [1.82, 2.24) is 16.2 Å². The van der Waals surface area contributed by atoms with Gasteiger partial charge >= 0.3 is 0 Å². The summed E-state index contributed by atoms with van der Waals surface area (Å²) in [5.74, 6) is 1.69. The highest BCUT2D eigenvalue weighted by Gasteiger charge is 2.27. The number of ether oxygens (including phenoxy) is 1. The molecule has 1 aliphatic rings. The van der Waals surface area contributed by atoms with Gasteiger partial charge in [0.25, 0.3) is 5.91 Å². The zero-order valence-electron chi connectivity index (χ0n) is 14.6. The number of carbonyl (C=O) groups excluding carboxylic acids is 1. The minimum Gasteiger partial charge on any atom is -0.483 e. The van der Waals surface area contributed by atoms with Crippen molar-refractivity contribution in [2.24, 2.45) is 11.8 Å². The van der Waals surface area contributed by atoms with E-state index in [-0.39, 0.29) is 12.5 Å². The number of hydrazine groups is 1. The third-order valence-electron chi connectivity index (χ3n) is 4.79. The first kappa shape index (κ1) is 18.5. The van der Waals surface area contributed by atoms with Crippen LogP contribution in [0.3, 0.4) is 0 Å². The van der Waals surface area contributed by atoms with E-state index in [9.17, 15) is 4.79 Å². The molecule has 0 heterocycles. The molecule has 3 N–H and O–H groups in total. The molecule has 5 nitrogen and oxygen atoms in total. The molecular weight excluding hydrogens is 322 g/mol. The monoisotopic (exact) mass is 349 g/mol. The summed E-state index contributed by atoms with van der Waals surface area (Å²) in [5.41, 5.74) is 6.32. The number of amides is 1. The number of rotatable bonds is 4. The minimum absolute atomic E-state index is 0.0582. The normalized spacial score (nSPS) is 23.2. The van der Waals surface area contributed by atoms with Gasteiger partial charge in [-0.05, 0) is 49.0 Å². The van der Waals surface area contributed by atoms with Crippen LogP contribution in [-0.4, -0.2) is 23.7 Å². The highest BCUT2D eigenvalue weighted by atomic mass is 32.1. The van der Waals surface area contributed by atoms with E-state index in [0.717, 1.165) is 12.0 Å². The molecule has 6 heteroatoms. The largest absolute Gasteiger partial charge is 0.483 e. The van der Waals surface area contributed by atoms with E-state index in [4.69, 9.17) is 17.0 Å². The summed E-state index contributed by atoms with van der Waals surface area (Å²) >= 11 is 5.27. The molecule has 1 amide bonds. The fraction of sp³-hybridized carbons (Fsp3) is 0.556. The number of thiocarbonyl (C=S) groups is 1. The van der Waals surface area contributed by atoms with Crippen LogP contribution < -0.4 is 20.9 Å². The molecule has 0 aromatic heterocycles. The summed E-state index contributed by atoms with van der Waals surface area (Å²) in [7, 11) is 0. The Hall–Kier alpha value is -1.82. The topological polar surface area (TPSA) is 62.4 Å². The molecule has 1 aromatic rings. The van der Waals surface area contributed by atoms with E-state index in [0.29, 0.717) is 28.7 Å². The quantitative estimate of drug-likeness (QED) is 0.576. The number of hydrogen-bond acceptors (Lipinski definition) is 3.